The zero-order valence-corrected chi connectivity index (χ0v) is 13.3. The van der Waals surface area contributed by atoms with Crippen molar-refractivity contribution >= 4 is 29.6 Å². The van der Waals surface area contributed by atoms with Gasteiger partial charge in [-0.05, 0) is 46.1 Å². The maximum atomic E-state index is 6.10. The molecule has 2 aromatic rings. The molecule has 0 spiro atoms. The summed E-state index contributed by atoms with van der Waals surface area (Å²) in [5.41, 5.74) is 2.23. The van der Waals surface area contributed by atoms with Crippen LogP contribution in [0, 0.1) is 6.92 Å². The van der Waals surface area contributed by atoms with Gasteiger partial charge in [0.2, 0.25) is 0 Å². The Kier molecular flexibility index (Phi) is 3.08. The maximum Gasteiger partial charge on any atom is 0.494 e. The summed E-state index contributed by atoms with van der Waals surface area (Å²) < 4.78 is 17.9. The Labute approximate surface area is 126 Å². The predicted octanol–water partition coefficient (Wildman–Crippen LogP) is 3.68. The SMILES string of the molecule is C=Cc1c(C)oc2ccc(B3OC(C)(C)C(C)(C)O3)cc12. The van der Waals surface area contributed by atoms with Crippen LogP contribution in [0.25, 0.3) is 17.0 Å². The second-order valence-electron chi connectivity index (χ2n) is 6.62. The minimum absolute atomic E-state index is 0.333. The molecule has 21 heavy (non-hydrogen) atoms. The summed E-state index contributed by atoms with van der Waals surface area (Å²) in [6, 6.07) is 6.04. The lowest BCUT2D eigenvalue weighted by molar-refractivity contribution is 0.00578. The minimum atomic E-state index is -0.354. The van der Waals surface area contributed by atoms with Crippen LogP contribution in [0.15, 0.2) is 29.2 Å². The first-order valence-corrected chi connectivity index (χ1v) is 7.26. The average Bonchev–Trinajstić information content (AvgIpc) is 2.81. The van der Waals surface area contributed by atoms with Crippen molar-refractivity contribution < 1.29 is 13.7 Å². The molecule has 4 heteroatoms. The second kappa shape index (κ2) is 4.49. The summed E-state index contributed by atoms with van der Waals surface area (Å²) in [6.07, 6.45) is 1.83. The van der Waals surface area contributed by atoms with Crippen LogP contribution in [0.1, 0.15) is 39.0 Å². The van der Waals surface area contributed by atoms with Gasteiger partial charge in [0.15, 0.2) is 0 Å². The average molecular weight is 284 g/mol. The first-order chi connectivity index (χ1) is 9.75. The molecule has 1 saturated heterocycles. The molecule has 0 aliphatic carbocycles. The van der Waals surface area contributed by atoms with Crippen molar-refractivity contribution in [1.29, 1.82) is 0 Å². The van der Waals surface area contributed by atoms with Crippen molar-refractivity contribution in [3.05, 3.63) is 36.1 Å². The van der Waals surface area contributed by atoms with Gasteiger partial charge in [-0.1, -0.05) is 24.8 Å². The summed E-state index contributed by atoms with van der Waals surface area (Å²) in [5, 5.41) is 1.05. The van der Waals surface area contributed by atoms with Gasteiger partial charge in [-0.3, -0.25) is 0 Å². The summed E-state index contributed by atoms with van der Waals surface area (Å²) in [6.45, 7) is 14.0. The molecule has 0 bridgehead atoms. The van der Waals surface area contributed by atoms with Crippen LogP contribution in [0.5, 0.6) is 0 Å². The van der Waals surface area contributed by atoms with Crippen molar-refractivity contribution in [1.82, 2.24) is 0 Å². The van der Waals surface area contributed by atoms with Crippen molar-refractivity contribution in [2.24, 2.45) is 0 Å². The normalized spacial score (nSPS) is 20.1. The zero-order valence-electron chi connectivity index (χ0n) is 13.3. The van der Waals surface area contributed by atoms with Gasteiger partial charge in [-0.2, -0.15) is 0 Å². The highest BCUT2D eigenvalue weighted by Crippen LogP contribution is 2.37. The summed E-state index contributed by atoms with van der Waals surface area (Å²) in [4.78, 5) is 0. The van der Waals surface area contributed by atoms with E-state index in [4.69, 9.17) is 13.7 Å². The van der Waals surface area contributed by atoms with Gasteiger partial charge in [0, 0.05) is 10.9 Å². The number of rotatable bonds is 2. The van der Waals surface area contributed by atoms with Crippen LogP contribution in [-0.2, 0) is 9.31 Å². The third-order valence-corrected chi connectivity index (χ3v) is 4.67. The Morgan fingerprint density at radius 1 is 1.10 bits per heavy atom. The first-order valence-electron chi connectivity index (χ1n) is 7.26. The molecule has 1 fully saturated rings. The fraction of sp³-hybridized carbons (Fsp3) is 0.412. The number of furan rings is 1. The summed E-state index contributed by atoms with van der Waals surface area (Å²) >= 11 is 0. The smallest absolute Gasteiger partial charge is 0.461 e. The molecule has 1 aliphatic rings. The molecule has 1 aromatic carbocycles. The van der Waals surface area contributed by atoms with Crippen molar-refractivity contribution in [2.75, 3.05) is 0 Å². The van der Waals surface area contributed by atoms with Crippen LogP contribution < -0.4 is 5.46 Å². The highest BCUT2D eigenvalue weighted by molar-refractivity contribution is 6.62. The lowest BCUT2D eigenvalue weighted by Gasteiger charge is -2.32. The van der Waals surface area contributed by atoms with E-state index in [2.05, 4.69) is 40.3 Å². The van der Waals surface area contributed by atoms with Gasteiger partial charge in [-0.15, -0.1) is 0 Å². The Hall–Kier alpha value is -1.52. The van der Waals surface area contributed by atoms with Gasteiger partial charge in [-0.25, -0.2) is 0 Å². The highest BCUT2D eigenvalue weighted by atomic mass is 16.7. The van der Waals surface area contributed by atoms with Crippen molar-refractivity contribution in [3.8, 4) is 0 Å². The molecule has 110 valence electrons. The quantitative estimate of drug-likeness (QED) is 0.788. The number of hydrogen-bond acceptors (Lipinski definition) is 3. The Balaban J connectivity index is 2.05. The van der Waals surface area contributed by atoms with Gasteiger partial charge < -0.3 is 13.7 Å². The zero-order chi connectivity index (χ0) is 15.4. The van der Waals surface area contributed by atoms with E-state index in [0.29, 0.717) is 0 Å². The molecule has 3 nitrogen and oxygen atoms in total. The van der Waals surface area contributed by atoms with Crippen LogP contribution in [-0.4, -0.2) is 18.3 Å². The van der Waals surface area contributed by atoms with E-state index >= 15 is 0 Å². The fourth-order valence-corrected chi connectivity index (χ4v) is 2.64. The Bertz CT molecular complexity index is 696. The Morgan fingerprint density at radius 2 is 1.71 bits per heavy atom. The minimum Gasteiger partial charge on any atom is -0.461 e. The Morgan fingerprint density at radius 3 is 2.29 bits per heavy atom. The van der Waals surface area contributed by atoms with E-state index < -0.39 is 0 Å². The molecule has 3 rings (SSSR count). The lowest BCUT2D eigenvalue weighted by atomic mass is 9.78. The molecule has 2 heterocycles. The third-order valence-electron chi connectivity index (χ3n) is 4.67. The maximum absolute atomic E-state index is 6.10. The number of hydrogen-bond donors (Lipinski definition) is 0. The molecule has 0 atom stereocenters. The van der Waals surface area contributed by atoms with Gasteiger partial charge in [0.05, 0.1) is 11.2 Å². The number of aryl methyl sites for hydroxylation is 1. The standard InChI is InChI=1S/C17H21BO3/c1-7-13-11(2)19-15-9-8-12(10-14(13)15)18-20-16(3,4)17(5,6)21-18/h7-10H,1H2,2-6H3. The van der Waals surface area contributed by atoms with Gasteiger partial charge >= 0.3 is 7.12 Å². The molecular weight excluding hydrogens is 263 g/mol. The molecule has 0 unspecified atom stereocenters. The van der Waals surface area contributed by atoms with Crippen LogP contribution in [0.2, 0.25) is 0 Å². The number of benzene rings is 1. The van der Waals surface area contributed by atoms with E-state index in [1.165, 1.54) is 0 Å². The molecule has 0 amide bonds. The van der Waals surface area contributed by atoms with E-state index in [9.17, 15) is 0 Å². The number of fused-ring (bicyclic) bond motifs is 1. The molecule has 0 radical (unpaired) electrons. The molecular formula is C17H21BO3. The van der Waals surface area contributed by atoms with Gasteiger partial charge in [0.1, 0.15) is 11.3 Å². The molecule has 0 saturated carbocycles. The largest absolute Gasteiger partial charge is 0.494 e. The fourth-order valence-electron chi connectivity index (χ4n) is 2.64. The first kappa shape index (κ1) is 14.4. The van der Waals surface area contributed by atoms with Crippen LogP contribution >= 0.6 is 0 Å². The van der Waals surface area contributed by atoms with Crippen molar-refractivity contribution in [3.63, 3.8) is 0 Å². The second-order valence-corrected chi connectivity index (χ2v) is 6.62. The predicted molar refractivity (Wildman–Crippen MR) is 86.8 cm³/mol. The third kappa shape index (κ3) is 2.14. The highest BCUT2D eigenvalue weighted by Gasteiger charge is 2.51. The lowest BCUT2D eigenvalue weighted by Crippen LogP contribution is -2.41. The van der Waals surface area contributed by atoms with E-state index in [-0.39, 0.29) is 18.3 Å². The summed E-state index contributed by atoms with van der Waals surface area (Å²) in [7, 11) is -0.354. The molecule has 1 aliphatic heterocycles. The van der Waals surface area contributed by atoms with Gasteiger partial charge in [0.25, 0.3) is 0 Å². The molecule has 0 N–H and O–H groups in total. The van der Waals surface area contributed by atoms with E-state index in [0.717, 1.165) is 27.8 Å². The van der Waals surface area contributed by atoms with Crippen LogP contribution in [0.3, 0.4) is 0 Å². The van der Waals surface area contributed by atoms with Crippen LogP contribution in [0.4, 0.5) is 0 Å². The summed E-state index contributed by atoms with van der Waals surface area (Å²) in [5.74, 6) is 0.881. The van der Waals surface area contributed by atoms with E-state index in [1.54, 1.807) is 0 Å². The molecule has 1 aromatic heterocycles. The van der Waals surface area contributed by atoms with E-state index in [1.807, 2.05) is 25.1 Å². The van der Waals surface area contributed by atoms with Crippen molar-refractivity contribution in [2.45, 2.75) is 45.8 Å². The monoisotopic (exact) mass is 284 g/mol. The topological polar surface area (TPSA) is 31.6 Å².